The Balaban J connectivity index is 2.73. The average Bonchev–Trinajstić information content (AvgIpc) is 2.43. The Morgan fingerprint density at radius 3 is 2.75 bits per heavy atom. The van der Waals surface area contributed by atoms with Crippen LogP contribution in [0.15, 0.2) is 24.3 Å². The number of nitrogens with zero attached hydrogens (tertiary/aromatic N) is 2. The lowest BCUT2D eigenvalue weighted by molar-refractivity contribution is -0.134. The van der Waals surface area contributed by atoms with E-state index in [2.05, 4.69) is 24.0 Å². The molecule has 20 heavy (non-hydrogen) atoms. The number of hydrogen-bond acceptors (Lipinski definition) is 4. The van der Waals surface area contributed by atoms with E-state index in [0.29, 0.717) is 12.1 Å². The molecular weight excluding hydrogens is 274 g/mol. The van der Waals surface area contributed by atoms with Crippen molar-refractivity contribution in [1.82, 2.24) is 10.2 Å². The van der Waals surface area contributed by atoms with Gasteiger partial charge in [0.1, 0.15) is 6.04 Å². The zero-order valence-corrected chi connectivity index (χ0v) is 12.4. The summed E-state index contributed by atoms with van der Waals surface area (Å²) in [6.07, 6.45) is 0. The van der Waals surface area contributed by atoms with Gasteiger partial charge in [0.05, 0.1) is 11.6 Å². The van der Waals surface area contributed by atoms with Gasteiger partial charge in [-0.1, -0.05) is 12.1 Å². The van der Waals surface area contributed by atoms with Crippen molar-refractivity contribution in [2.75, 3.05) is 12.8 Å². The van der Waals surface area contributed by atoms with Gasteiger partial charge in [-0.25, -0.2) is 0 Å². The Hall–Kier alpha value is -2.00. The van der Waals surface area contributed by atoms with Crippen LogP contribution in [0.2, 0.25) is 0 Å². The van der Waals surface area contributed by atoms with Crippen molar-refractivity contribution in [3.8, 4) is 6.07 Å². The molecule has 0 spiro atoms. The maximum Gasteiger partial charge on any atom is 0.246 e. The average molecular weight is 291 g/mol. The van der Waals surface area contributed by atoms with Gasteiger partial charge in [0.2, 0.25) is 11.8 Å². The predicted octanol–water partition coefficient (Wildman–Crippen LogP) is 0.951. The largest absolute Gasteiger partial charge is 0.344 e. The fourth-order valence-corrected chi connectivity index (χ4v) is 2.04. The molecule has 0 radical (unpaired) electrons. The van der Waals surface area contributed by atoms with Crippen molar-refractivity contribution >= 4 is 24.4 Å². The SMILES string of the molecule is CC(=O)NC(CS)C(=O)N(C)Cc1cccc(C#N)c1. The molecule has 1 aromatic carbocycles. The van der Waals surface area contributed by atoms with Crippen molar-refractivity contribution in [3.05, 3.63) is 35.4 Å². The fourth-order valence-electron chi connectivity index (χ4n) is 1.79. The minimum atomic E-state index is -0.639. The fraction of sp³-hybridized carbons (Fsp3) is 0.357. The first-order chi connectivity index (χ1) is 9.47. The van der Waals surface area contributed by atoms with Crippen molar-refractivity contribution in [2.45, 2.75) is 19.5 Å². The highest BCUT2D eigenvalue weighted by atomic mass is 32.1. The van der Waals surface area contributed by atoms with Crippen LogP contribution in [0.4, 0.5) is 0 Å². The van der Waals surface area contributed by atoms with E-state index in [1.54, 1.807) is 25.2 Å². The topological polar surface area (TPSA) is 73.2 Å². The standard InChI is InChI=1S/C14H17N3O2S/c1-10(18)16-13(9-20)14(19)17(2)8-12-5-3-4-11(6-12)7-15/h3-6,13,20H,8-9H2,1-2H3,(H,16,18). The van der Waals surface area contributed by atoms with Gasteiger partial charge in [0.25, 0.3) is 0 Å². The number of nitriles is 1. The molecule has 1 atom stereocenters. The molecule has 0 fully saturated rings. The number of thiol groups is 1. The smallest absolute Gasteiger partial charge is 0.246 e. The third-order valence-electron chi connectivity index (χ3n) is 2.71. The number of carbonyl (C=O) groups is 2. The van der Waals surface area contributed by atoms with Crippen LogP contribution in [0.1, 0.15) is 18.1 Å². The van der Waals surface area contributed by atoms with Crippen LogP contribution in [0.3, 0.4) is 0 Å². The van der Waals surface area contributed by atoms with Crippen LogP contribution in [-0.4, -0.2) is 35.6 Å². The van der Waals surface area contributed by atoms with E-state index < -0.39 is 6.04 Å². The quantitative estimate of drug-likeness (QED) is 0.793. The minimum Gasteiger partial charge on any atom is -0.344 e. The predicted molar refractivity (Wildman–Crippen MR) is 79.1 cm³/mol. The summed E-state index contributed by atoms with van der Waals surface area (Å²) >= 11 is 4.08. The lowest BCUT2D eigenvalue weighted by Crippen LogP contribution is -2.47. The van der Waals surface area contributed by atoms with E-state index in [4.69, 9.17) is 5.26 Å². The second-order valence-corrected chi connectivity index (χ2v) is 4.81. The van der Waals surface area contributed by atoms with Crippen LogP contribution in [0.5, 0.6) is 0 Å². The van der Waals surface area contributed by atoms with E-state index in [1.807, 2.05) is 6.07 Å². The molecular formula is C14H17N3O2S. The number of likely N-dealkylation sites (N-methyl/N-ethyl adjacent to an activating group) is 1. The molecule has 0 saturated carbocycles. The van der Waals surface area contributed by atoms with Crippen molar-refractivity contribution in [3.63, 3.8) is 0 Å². The van der Waals surface area contributed by atoms with E-state index in [-0.39, 0.29) is 17.6 Å². The molecule has 0 aromatic heterocycles. The summed E-state index contributed by atoms with van der Waals surface area (Å²) in [5.74, 6) is -0.240. The Morgan fingerprint density at radius 1 is 1.50 bits per heavy atom. The third-order valence-corrected chi connectivity index (χ3v) is 3.08. The van der Waals surface area contributed by atoms with Crippen molar-refractivity contribution in [2.24, 2.45) is 0 Å². The highest BCUT2D eigenvalue weighted by molar-refractivity contribution is 7.80. The highest BCUT2D eigenvalue weighted by Crippen LogP contribution is 2.08. The number of rotatable bonds is 5. The number of nitrogens with one attached hydrogen (secondary N) is 1. The van der Waals surface area contributed by atoms with E-state index in [0.717, 1.165) is 5.56 Å². The summed E-state index contributed by atoms with van der Waals surface area (Å²) < 4.78 is 0. The van der Waals surface area contributed by atoms with E-state index >= 15 is 0 Å². The van der Waals surface area contributed by atoms with Crippen molar-refractivity contribution < 1.29 is 9.59 Å². The molecule has 0 aliphatic carbocycles. The van der Waals surface area contributed by atoms with E-state index in [9.17, 15) is 9.59 Å². The molecule has 0 heterocycles. The van der Waals surface area contributed by atoms with Gasteiger partial charge in [-0.3, -0.25) is 9.59 Å². The summed E-state index contributed by atoms with van der Waals surface area (Å²) in [5.41, 5.74) is 1.41. The molecule has 0 aliphatic heterocycles. The van der Waals surface area contributed by atoms with Gasteiger partial charge in [-0.15, -0.1) is 0 Å². The lowest BCUT2D eigenvalue weighted by atomic mass is 10.1. The lowest BCUT2D eigenvalue weighted by Gasteiger charge is -2.23. The molecule has 106 valence electrons. The second-order valence-electron chi connectivity index (χ2n) is 4.44. The molecule has 1 rings (SSSR count). The molecule has 0 bridgehead atoms. The summed E-state index contributed by atoms with van der Waals surface area (Å²) in [7, 11) is 1.65. The van der Waals surface area contributed by atoms with Crippen molar-refractivity contribution in [1.29, 1.82) is 5.26 Å². The third kappa shape index (κ3) is 4.59. The zero-order chi connectivity index (χ0) is 15.1. The van der Waals surface area contributed by atoms with Crippen LogP contribution >= 0.6 is 12.6 Å². The summed E-state index contributed by atoms with van der Waals surface area (Å²) in [6.45, 7) is 1.73. The van der Waals surface area contributed by atoms with Crippen LogP contribution < -0.4 is 5.32 Å². The molecule has 1 unspecified atom stereocenters. The molecule has 6 heteroatoms. The van der Waals surface area contributed by atoms with Gasteiger partial charge in [-0.2, -0.15) is 17.9 Å². The molecule has 0 saturated heterocycles. The van der Waals surface area contributed by atoms with Gasteiger partial charge in [0.15, 0.2) is 0 Å². The Kier molecular flexibility index (Phi) is 6.07. The maximum atomic E-state index is 12.2. The Bertz CT molecular complexity index is 539. The number of benzene rings is 1. The number of amides is 2. The van der Waals surface area contributed by atoms with Gasteiger partial charge in [-0.05, 0) is 17.7 Å². The molecule has 5 nitrogen and oxygen atoms in total. The summed E-state index contributed by atoms with van der Waals surface area (Å²) in [4.78, 5) is 24.7. The van der Waals surface area contributed by atoms with Crippen LogP contribution in [0.25, 0.3) is 0 Å². The number of hydrogen-bond donors (Lipinski definition) is 2. The first-order valence-corrected chi connectivity index (χ1v) is 6.73. The highest BCUT2D eigenvalue weighted by Gasteiger charge is 2.21. The summed E-state index contributed by atoms with van der Waals surface area (Å²) in [6, 6.07) is 8.48. The van der Waals surface area contributed by atoms with Gasteiger partial charge in [0, 0.05) is 26.3 Å². The second kappa shape index (κ2) is 7.56. The van der Waals surface area contributed by atoms with E-state index in [1.165, 1.54) is 11.8 Å². The summed E-state index contributed by atoms with van der Waals surface area (Å²) in [5, 5.41) is 11.4. The number of carbonyl (C=O) groups excluding carboxylic acids is 2. The molecule has 1 aromatic rings. The molecule has 0 aliphatic rings. The normalized spacial score (nSPS) is 11.3. The van der Waals surface area contributed by atoms with Gasteiger partial charge < -0.3 is 10.2 Å². The first-order valence-electron chi connectivity index (χ1n) is 6.10. The minimum absolute atomic E-state index is 0.211. The maximum absolute atomic E-state index is 12.2. The Labute approximate surface area is 124 Å². The van der Waals surface area contributed by atoms with Crippen LogP contribution in [0, 0.1) is 11.3 Å². The van der Waals surface area contributed by atoms with Gasteiger partial charge >= 0.3 is 0 Å². The monoisotopic (exact) mass is 291 g/mol. The molecule has 2 amide bonds. The first kappa shape index (κ1) is 16.1. The molecule has 1 N–H and O–H groups in total. The van der Waals surface area contributed by atoms with Crippen LogP contribution in [-0.2, 0) is 16.1 Å². The Morgan fingerprint density at radius 2 is 2.20 bits per heavy atom. The zero-order valence-electron chi connectivity index (χ0n) is 11.5.